The number of pyridine rings is 1. The normalized spacial score (nSPS) is 11.9. The largest absolute Gasteiger partial charge is 0.512 e. The van der Waals surface area contributed by atoms with Crippen molar-refractivity contribution in [3.63, 3.8) is 0 Å². The van der Waals surface area contributed by atoms with E-state index in [2.05, 4.69) is 56.3 Å². The molecule has 3 nitrogen and oxygen atoms in total. The van der Waals surface area contributed by atoms with Crippen molar-refractivity contribution >= 4 is 16.7 Å². The third-order valence-corrected chi connectivity index (χ3v) is 4.92. The number of carbonyl (C=O) groups is 1. The van der Waals surface area contributed by atoms with Crippen molar-refractivity contribution in [1.29, 1.82) is 0 Å². The van der Waals surface area contributed by atoms with Gasteiger partial charge in [-0.25, -0.2) is 0 Å². The van der Waals surface area contributed by atoms with Crippen LogP contribution in [-0.2, 0) is 24.9 Å². The summed E-state index contributed by atoms with van der Waals surface area (Å²) in [5.74, 6) is 0.104. The molecule has 4 heteroatoms. The van der Waals surface area contributed by atoms with Crippen molar-refractivity contribution in [3.05, 3.63) is 77.6 Å². The molecule has 0 unspecified atom stereocenters. The molecule has 1 heterocycles. The van der Waals surface area contributed by atoms with Gasteiger partial charge in [0.05, 0.1) is 5.52 Å². The molecular weight excluding hydrogens is 575 g/mol. The molecule has 2 aromatic carbocycles. The number of allylic oxidation sites excluding steroid dienone is 2. The van der Waals surface area contributed by atoms with Gasteiger partial charge in [-0.3, -0.25) is 9.78 Å². The molecular formula is C28H34IrNO2-. The molecule has 1 aromatic heterocycles. The maximum Gasteiger partial charge on any atom is 0.164 e. The van der Waals surface area contributed by atoms with Crippen LogP contribution in [0.1, 0.15) is 52.7 Å². The van der Waals surface area contributed by atoms with Gasteiger partial charge in [-0.2, -0.15) is 0 Å². The zero-order valence-electron chi connectivity index (χ0n) is 20.3. The van der Waals surface area contributed by atoms with Crippen LogP contribution in [-0.4, -0.2) is 15.9 Å². The minimum atomic E-state index is -0.417. The molecule has 1 radical (unpaired) electrons. The fraction of sp³-hybridized carbons (Fsp3) is 0.357. The Morgan fingerprint density at radius 1 is 0.938 bits per heavy atom. The molecule has 0 bridgehead atoms. The average molecular weight is 609 g/mol. The van der Waals surface area contributed by atoms with Gasteiger partial charge in [0.15, 0.2) is 5.78 Å². The zero-order chi connectivity index (χ0) is 23.4. The standard InChI is InChI=1S/C17H14N.C11H20O2.Ir/c1-12-6-5-7-14(10-12)17-11-13(2)15-8-3-4-9-16(15)18-17;1-10(2,3)8(12)7-9(13)11(4,5)6;/h3-9,11H,1-2H3;7,12H,1-6H3;/q-1;;/b;8-7-;. The Bertz CT molecular complexity index is 1100. The van der Waals surface area contributed by atoms with E-state index >= 15 is 0 Å². The third-order valence-electron chi connectivity index (χ3n) is 4.92. The van der Waals surface area contributed by atoms with Gasteiger partial charge in [0.2, 0.25) is 0 Å². The smallest absolute Gasteiger partial charge is 0.164 e. The fourth-order valence-electron chi connectivity index (χ4n) is 2.78. The SMILES string of the molecule is CC(C)(C)C(=O)/C=C(\O)C(C)(C)C.Cc1[c-]c(-c2cc(C)c3ccccc3n2)ccc1.[Ir]. The molecule has 3 aromatic rings. The van der Waals surface area contributed by atoms with E-state index in [1.165, 1.54) is 17.0 Å². The van der Waals surface area contributed by atoms with Gasteiger partial charge in [-0.1, -0.05) is 72.7 Å². The van der Waals surface area contributed by atoms with Gasteiger partial charge in [0, 0.05) is 42.4 Å². The molecule has 32 heavy (non-hydrogen) atoms. The molecule has 0 aliphatic heterocycles. The molecule has 0 saturated carbocycles. The molecule has 0 spiro atoms. The number of carbonyl (C=O) groups excluding carboxylic acids is 1. The molecule has 1 N–H and O–H groups in total. The van der Waals surface area contributed by atoms with E-state index in [4.69, 9.17) is 4.98 Å². The summed E-state index contributed by atoms with van der Waals surface area (Å²) in [6.07, 6.45) is 1.33. The first kappa shape index (κ1) is 27.7. The topological polar surface area (TPSA) is 50.2 Å². The molecule has 0 amide bonds. The number of fused-ring (bicyclic) bond motifs is 1. The second-order valence-electron chi connectivity index (χ2n) is 9.98. The van der Waals surface area contributed by atoms with Crippen molar-refractivity contribution in [2.75, 3.05) is 0 Å². The van der Waals surface area contributed by atoms with Crippen molar-refractivity contribution in [2.24, 2.45) is 10.8 Å². The van der Waals surface area contributed by atoms with E-state index in [0.717, 1.165) is 22.3 Å². The number of rotatable bonds is 2. The number of para-hydroxylation sites is 1. The van der Waals surface area contributed by atoms with Crippen LogP contribution in [0.3, 0.4) is 0 Å². The summed E-state index contributed by atoms with van der Waals surface area (Å²) in [7, 11) is 0. The van der Waals surface area contributed by atoms with Crippen LogP contribution in [0.25, 0.3) is 22.2 Å². The minimum Gasteiger partial charge on any atom is -0.512 e. The Morgan fingerprint density at radius 2 is 1.56 bits per heavy atom. The van der Waals surface area contributed by atoms with Crippen LogP contribution >= 0.6 is 0 Å². The first-order chi connectivity index (χ1) is 14.3. The van der Waals surface area contributed by atoms with Gasteiger partial charge >= 0.3 is 0 Å². The second kappa shape index (κ2) is 11.0. The van der Waals surface area contributed by atoms with Gasteiger partial charge in [-0.05, 0) is 24.2 Å². The number of benzene rings is 2. The number of hydrogen-bond acceptors (Lipinski definition) is 3. The molecule has 0 fully saturated rings. The molecule has 173 valence electrons. The van der Waals surface area contributed by atoms with E-state index in [-0.39, 0.29) is 37.1 Å². The first-order valence-corrected chi connectivity index (χ1v) is 10.6. The predicted octanol–water partition coefficient (Wildman–Crippen LogP) is 7.41. The summed E-state index contributed by atoms with van der Waals surface area (Å²) in [6.45, 7) is 15.3. The third kappa shape index (κ3) is 7.69. The van der Waals surface area contributed by atoms with E-state index in [1.54, 1.807) is 0 Å². The number of ketones is 1. The summed E-state index contributed by atoms with van der Waals surface area (Å²) in [5.41, 5.74) is 4.73. The van der Waals surface area contributed by atoms with Crippen LogP contribution in [0.4, 0.5) is 0 Å². The molecule has 0 saturated heterocycles. The summed E-state index contributed by atoms with van der Waals surface area (Å²) in [5, 5.41) is 10.8. The number of nitrogens with zero attached hydrogens (tertiary/aromatic N) is 1. The van der Waals surface area contributed by atoms with Gasteiger partial charge in [0.25, 0.3) is 0 Å². The van der Waals surface area contributed by atoms with E-state index < -0.39 is 5.41 Å². The number of hydrogen-bond donors (Lipinski definition) is 1. The van der Waals surface area contributed by atoms with Crippen molar-refractivity contribution in [2.45, 2.75) is 55.4 Å². The van der Waals surface area contributed by atoms with Crippen molar-refractivity contribution in [1.82, 2.24) is 4.98 Å². The van der Waals surface area contributed by atoms with Gasteiger partial charge < -0.3 is 5.11 Å². The fourth-order valence-corrected chi connectivity index (χ4v) is 2.78. The predicted molar refractivity (Wildman–Crippen MR) is 130 cm³/mol. The van der Waals surface area contributed by atoms with Crippen molar-refractivity contribution < 1.29 is 30.0 Å². The van der Waals surface area contributed by atoms with Gasteiger partial charge in [0.1, 0.15) is 5.76 Å². The van der Waals surface area contributed by atoms with Crippen LogP contribution in [0, 0.1) is 30.7 Å². The van der Waals surface area contributed by atoms with Gasteiger partial charge in [-0.15, -0.1) is 35.4 Å². The van der Waals surface area contributed by atoms with Crippen molar-refractivity contribution in [3.8, 4) is 11.3 Å². The number of aromatic nitrogens is 1. The summed E-state index contributed by atoms with van der Waals surface area (Å²) in [6, 6.07) is 19.9. The maximum absolute atomic E-state index is 11.5. The zero-order valence-corrected chi connectivity index (χ0v) is 22.7. The Kier molecular flexibility index (Phi) is 9.56. The Balaban J connectivity index is 0.000000330. The maximum atomic E-state index is 11.5. The van der Waals surface area contributed by atoms with Crippen LogP contribution in [0.2, 0.25) is 0 Å². The van der Waals surface area contributed by atoms with Crippen LogP contribution in [0.5, 0.6) is 0 Å². The molecule has 0 aliphatic rings. The second-order valence-corrected chi connectivity index (χ2v) is 9.98. The van der Waals surface area contributed by atoms with Crippen LogP contribution < -0.4 is 0 Å². The summed E-state index contributed by atoms with van der Waals surface area (Å²) in [4.78, 5) is 16.2. The van der Waals surface area contributed by atoms with E-state index in [9.17, 15) is 9.90 Å². The number of aryl methyl sites for hydroxylation is 2. The van der Waals surface area contributed by atoms with E-state index in [0.29, 0.717) is 0 Å². The molecule has 0 aliphatic carbocycles. The Hall–Kier alpha value is -2.29. The number of aliphatic hydroxyl groups excluding tert-OH is 1. The number of aliphatic hydroxyl groups is 1. The molecule has 0 atom stereocenters. The first-order valence-electron chi connectivity index (χ1n) is 10.6. The quantitative estimate of drug-likeness (QED) is 0.187. The molecule has 3 rings (SSSR count). The Morgan fingerprint density at radius 3 is 2.12 bits per heavy atom. The minimum absolute atomic E-state index is 0. The average Bonchev–Trinajstić information content (AvgIpc) is 2.67. The summed E-state index contributed by atoms with van der Waals surface area (Å²) >= 11 is 0. The summed E-state index contributed by atoms with van der Waals surface area (Å²) < 4.78 is 0. The monoisotopic (exact) mass is 609 g/mol. The van der Waals surface area contributed by atoms with Crippen LogP contribution in [0.15, 0.2) is 60.4 Å². The Labute approximate surface area is 206 Å². The van der Waals surface area contributed by atoms with E-state index in [1.807, 2.05) is 53.7 Å².